The summed E-state index contributed by atoms with van der Waals surface area (Å²) in [6, 6.07) is 1.16. The smallest absolute Gasteiger partial charge is 0.191 e. The standard InChI is InChI=1S/C20H43N5/c1-7-21-20(23-13-16-25(17(3)4)18(5)6)22-12-9-19-10-14-24(8-2)15-11-19/h17-19H,7-16H2,1-6H3,(H2,21,22,23). The van der Waals surface area contributed by atoms with Gasteiger partial charge in [-0.3, -0.25) is 9.89 Å². The average molecular weight is 354 g/mol. The van der Waals surface area contributed by atoms with E-state index < -0.39 is 0 Å². The van der Waals surface area contributed by atoms with Crippen LogP contribution in [0.25, 0.3) is 0 Å². The first-order valence-electron chi connectivity index (χ1n) is 10.5. The molecule has 1 aliphatic heterocycles. The third kappa shape index (κ3) is 8.91. The Labute approximate surface area is 156 Å². The number of piperidine rings is 1. The first kappa shape index (κ1) is 22.2. The maximum atomic E-state index is 4.80. The van der Waals surface area contributed by atoms with Crippen molar-refractivity contribution in [1.29, 1.82) is 0 Å². The Hall–Kier alpha value is -0.810. The fourth-order valence-electron chi connectivity index (χ4n) is 3.71. The van der Waals surface area contributed by atoms with Crippen LogP contribution in [-0.4, -0.2) is 73.7 Å². The Balaban J connectivity index is 2.33. The van der Waals surface area contributed by atoms with Gasteiger partial charge in [-0.15, -0.1) is 0 Å². The zero-order chi connectivity index (χ0) is 18.7. The van der Waals surface area contributed by atoms with Gasteiger partial charge in [0.25, 0.3) is 0 Å². The van der Waals surface area contributed by atoms with Crippen molar-refractivity contribution < 1.29 is 0 Å². The minimum absolute atomic E-state index is 0.579. The summed E-state index contributed by atoms with van der Waals surface area (Å²) in [7, 11) is 0. The molecule has 25 heavy (non-hydrogen) atoms. The van der Waals surface area contributed by atoms with Crippen LogP contribution in [0.3, 0.4) is 0 Å². The molecule has 0 aliphatic carbocycles. The molecule has 1 aliphatic rings. The summed E-state index contributed by atoms with van der Waals surface area (Å²) in [4.78, 5) is 9.86. The molecular weight excluding hydrogens is 310 g/mol. The second-order valence-electron chi connectivity index (χ2n) is 7.78. The molecule has 2 N–H and O–H groups in total. The van der Waals surface area contributed by atoms with E-state index in [9.17, 15) is 0 Å². The lowest BCUT2D eigenvalue weighted by Gasteiger charge is -2.31. The summed E-state index contributed by atoms with van der Waals surface area (Å²) in [5.41, 5.74) is 0. The summed E-state index contributed by atoms with van der Waals surface area (Å²) >= 11 is 0. The zero-order valence-electron chi connectivity index (χ0n) is 17.6. The quantitative estimate of drug-likeness (QED) is 0.468. The Morgan fingerprint density at radius 3 is 2.24 bits per heavy atom. The predicted octanol–water partition coefficient (Wildman–Crippen LogP) is 2.78. The van der Waals surface area contributed by atoms with Gasteiger partial charge < -0.3 is 15.5 Å². The van der Waals surface area contributed by atoms with Gasteiger partial charge >= 0.3 is 0 Å². The van der Waals surface area contributed by atoms with Gasteiger partial charge in [0.15, 0.2) is 5.96 Å². The first-order chi connectivity index (χ1) is 12.0. The molecule has 0 aromatic carbocycles. The van der Waals surface area contributed by atoms with Crippen LogP contribution >= 0.6 is 0 Å². The molecule has 148 valence electrons. The molecule has 0 aromatic heterocycles. The molecule has 0 bridgehead atoms. The van der Waals surface area contributed by atoms with Gasteiger partial charge in [0.05, 0.1) is 0 Å². The highest BCUT2D eigenvalue weighted by atomic mass is 15.2. The van der Waals surface area contributed by atoms with Crippen molar-refractivity contribution in [1.82, 2.24) is 20.4 Å². The molecule has 1 rings (SSSR count). The van der Waals surface area contributed by atoms with Crippen molar-refractivity contribution in [2.75, 3.05) is 45.8 Å². The van der Waals surface area contributed by atoms with E-state index in [1.807, 2.05) is 0 Å². The summed E-state index contributed by atoms with van der Waals surface area (Å²) < 4.78 is 0. The van der Waals surface area contributed by atoms with E-state index in [0.717, 1.165) is 38.1 Å². The molecule has 0 saturated carbocycles. The second kappa shape index (κ2) is 12.5. The number of nitrogens with zero attached hydrogens (tertiary/aromatic N) is 3. The van der Waals surface area contributed by atoms with Crippen molar-refractivity contribution in [3.8, 4) is 0 Å². The number of hydrogen-bond acceptors (Lipinski definition) is 3. The molecule has 1 fully saturated rings. The number of likely N-dealkylation sites (tertiary alicyclic amines) is 1. The highest BCUT2D eigenvalue weighted by molar-refractivity contribution is 5.79. The van der Waals surface area contributed by atoms with Crippen molar-refractivity contribution in [2.45, 2.75) is 72.9 Å². The molecular formula is C20H43N5. The van der Waals surface area contributed by atoms with E-state index in [0.29, 0.717) is 12.1 Å². The molecule has 0 amide bonds. The number of aliphatic imine (C=N–C) groups is 1. The largest absolute Gasteiger partial charge is 0.357 e. The normalized spacial score (nSPS) is 17.7. The lowest BCUT2D eigenvalue weighted by Crippen LogP contribution is -2.45. The molecule has 1 heterocycles. The van der Waals surface area contributed by atoms with E-state index in [1.165, 1.54) is 38.9 Å². The molecule has 0 spiro atoms. The van der Waals surface area contributed by atoms with E-state index in [4.69, 9.17) is 4.99 Å². The van der Waals surface area contributed by atoms with Crippen LogP contribution in [0.1, 0.15) is 60.8 Å². The van der Waals surface area contributed by atoms with Gasteiger partial charge in [-0.25, -0.2) is 0 Å². The van der Waals surface area contributed by atoms with E-state index >= 15 is 0 Å². The fraction of sp³-hybridized carbons (Fsp3) is 0.950. The lowest BCUT2D eigenvalue weighted by molar-refractivity contribution is 0.178. The molecule has 5 heteroatoms. The minimum Gasteiger partial charge on any atom is -0.357 e. The van der Waals surface area contributed by atoms with E-state index in [1.54, 1.807) is 0 Å². The van der Waals surface area contributed by atoms with Crippen LogP contribution in [0.2, 0.25) is 0 Å². The topological polar surface area (TPSA) is 42.9 Å². The molecule has 0 atom stereocenters. The van der Waals surface area contributed by atoms with Crippen LogP contribution in [0, 0.1) is 5.92 Å². The monoisotopic (exact) mass is 353 g/mol. The third-order valence-electron chi connectivity index (χ3n) is 5.29. The SMILES string of the molecule is CCNC(=NCCC1CCN(CC)CC1)NCCN(C(C)C)C(C)C. The zero-order valence-corrected chi connectivity index (χ0v) is 17.6. The third-order valence-corrected chi connectivity index (χ3v) is 5.29. The van der Waals surface area contributed by atoms with Crippen molar-refractivity contribution >= 4 is 5.96 Å². The van der Waals surface area contributed by atoms with Crippen LogP contribution in [0.15, 0.2) is 4.99 Å². The van der Waals surface area contributed by atoms with Gasteiger partial charge in [0.1, 0.15) is 0 Å². The number of rotatable bonds is 10. The lowest BCUT2D eigenvalue weighted by atomic mass is 9.94. The Kier molecular flexibility index (Phi) is 11.1. The molecule has 1 saturated heterocycles. The van der Waals surface area contributed by atoms with Gasteiger partial charge in [0, 0.05) is 38.3 Å². The number of hydrogen-bond donors (Lipinski definition) is 2. The summed E-state index contributed by atoms with van der Waals surface area (Å²) in [5.74, 6) is 1.83. The van der Waals surface area contributed by atoms with Gasteiger partial charge in [-0.05, 0) is 79.4 Å². The molecule has 0 aromatic rings. The first-order valence-corrected chi connectivity index (χ1v) is 10.5. The van der Waals surface area contributed by atoms with E-state index in [2.05, 4.69) is 62.0 Å². The fourth-order valence-corrected chi connectivity index (χ4v) is 3.71. The summed E-state index contributed by atoms with van der Waals surface area (Å²) in [5, 5.41) is 6.88. The highest BCUT2D eigenvalue weighted by Gasteiger charge is 2.17. The molecule has 5 nitrogen and oxygen atoms in total. The van der Waals surface area contributed by atoms with Crippen LogP contribution in [0.4, 0.5) is 0 Å². The Bertz CT molecular complexity index is 351. The predicted molar refractivity (Wildman–Crippen MR) is 110 cm³/mol. The van der Waals surface area contributed by atoms with Crippen molar-refractivity contribution in [3.05, 3.63) is 0 Å². The average Bonchev–Trinajstić information content (AvgIpc) is 2.58. The molecule has 0 unspecified atom stereocenters. The van der Waals surface area contributed by atoms with Crippen molar-refractivity contribution in [3.63, 3.8) is 0 Å². The van der Waals surface area contributed by atoms with Crippen LogP contribution in [-0.2, 0) is 0 Å². The van der Waals surface area contributed by atoms with Gasteiger partial charge in [-0.2, -0.15) is 0 Å². The molecule has 0 radical (unpaired) electrons. The van der Waals surface area contributed by atoms with Gasteiger partial charge in [0.2, 0.25) is 0 Å². The van der Waals surface area contributed by atoms with E-state index in [-0.39, 0.29) is 0 Å². The van der Waals surface area contributed by atoms with Crippen molar-refractivity contribution in [2.24, 2.45) is 10.9 Å². The summed E-state index contributed by atoms with van der Waals surface area (Å²) in [6.07, 6.45) is 3.90. The van der Waals surface area contributed by atoms with Crippen LogP contribution in [0.5, 0.6) is 0 Å². The minimum atomic E-state index is 0.579. The Morgan fingerprint density at radius 2 is 1.72 bits per heavy atom. The number of nitrogens with one attached hydrogen (secondary N) is 2. The number of guanidine groups is 1. The highest BCUT2D eigenvalue weighted by Crippen LogP contribution is 2.20. The van der Waals surface area contributed by atoms with Gasteiger partial charge in [-0.1, -0.05) is 6.92 Å². The summed E-state index contributed by atoms with van der Waals surface area (Å²) in [6.45, 7) is 21.0. The Morgan fingerprint density at radius 1 is 1.08 bits per heavy atom. The van der Waals surface area contributed by atoms with Crippen LogP contribution < -0.4 is 10.6 Å². The second-order valence-corrected chi connectivity index (χ2v) is 7.78. The maximum Gasteiger partial charge on any atom is 0.191 e. The maximum absolute atomic E-state index is 4.80.